The van der Waals surface area contributed by atoms with Crippen molar-refractivity contribution < 1.29 is 4.79 Å². The van der Waals surface area contributed by atoms with Gasteiger partial charge >= 0.3 is 0 Å². The Morgan fingerprint density at radius 1 is 1.45 bits per heavy atom. The molecule has 0 saturated heterocycles. The van der Waals surface area contributed by atoms with Crippen molar-refractivity contribution in [2.24, 2.45) is 0 Å². The Morgan fingerprint density at radius 3 is 2.85 bits per heavy atom. The van der Waals surface area contributed by atoms with Gasteiger partial charge in [-0.25, -0.2) is 9.97 Å². The van der Waals surface area contributed by atoms with Crippen LogP contribution in [-0.4, -0.2) is 39.8 Å². The second-order valence-electron chi connectivity index (χ2n) is 4.27. The Hall–Kier alpha value is -1.96. The maximum Gasteiger partial charge on any atom is 0.276 e. The molecule has 0 radical (unpaired) electrons. The maximum absolute atomic E-state index is 12.3. The lowest BCUT2D eigenvalue weighted by atomic mass is 10.4. The first-order valence-electron chi connectivity index (χ1n) is 6.05. The first-order chi connectivity index (χ1) is 9.52. The molecule has 106 valence electrons. The monoisotopic (exact) mass is 338 g/mol. The average molecular weight is 339 g/mol. The van der Waals surface area contributed by atoms with Gasteiger partial charge in [0.25, 0.3) is 5.91 Å². The molecule has 2 aromatic rings. The molecule has 0 aliphatic carbocycles. The number of hydrogen-bond acceptors (Lipinski definition) is 5. The van der Waals surface area contributed by atoms with E-state index in [0.717, 1.165) is 5.82 Å². The predicted molar refractivity (Wildman–Crippen MR) is 79.9 cm³/mol. The second-order valence-corrected chi connectivity index (χ2v) is 5.12. The van der Waals surface area contributed by atoms with Crippen LogP contribution in [0.2, 0.25) is 0 Å². The third-order valence-electron chi connectivity index (χ3n) is 2.66. The third-order valence-corrected chi connectivity index (χ3v) is 3.24. The smallest absolute Gasteiger partial charge is 0.276 e. The van der Waals surface area contributed by atoms with Crippen LogP contribution in [0.3, 0.4) is 0 Å². The summed E-state index contributed by atoms with van der Waals surface area (Å²) in [5, 5.41) is 6.86. The molecule has 0 fully saturated rings. The molecule has 20 heavy (non-hydrogen) atoms. The summed E-state index contributed by atoms with van der Waals surface area (Å²) in [7, 11) is 3.74. The molecule has 2 aromatic heterocycles. The van der Waals surface area contributed by atoms with E-state index in [9.17, 15) is 4.79 Å². The van der Waals surface area contributed by atoms with Gasteiger partial charge in [0.2, 0.25) is 0 Å². The van der Waals surface area contributed by atoms with Crippen LogP contribution in [0, 0.1) is 0 Å². The van der Waals surface area contributed by atoms with Gasteiger partial charge in [0.05, 0.1) is 10.7 Å². The van der Waals surface area contributed by atoms with E-state index in [1.54, 1.807) is 16.9 Å². The first-order valence-corrected chi connectivity index (χ1v) is 6.84. The molecule has 1 amide bonds. The summed E-state index contributed by atoms with van der Waals surface area (Å²) in [6.45, 7) is 2.53. The molecule has 0 unspecified atom stereocenters. The van der Waals surface area contributed by atoms with Gasteiger partial charge in [-0.15, -0.1) is 0 Å². The van der Waals surface area contributed by atoms with Crippen molar-refractivity contribution in [3.05, 3.63) is 28.8 Å². The number of carbonyl (C=O) groups excluding carboxylic acids is 1. The molecule has 2 rings (SSSR count). The minimum Gasteiger partial charge on any atom is -0.363 e. The lowest BCUT2D eigenvalue weighted by molar-refractivity contribution is 0.101. The molecule has 0 spiro atoms. The van der Waals surface area contributed by atoms with Gasteiger partial charge in [-0.1, -0.05) is 0 Å². The topological polar surface area (TPSA) is 75.9 Å². The van der Waals surface area contributed by atoms with Crippen molar-refractivity contribution in [3.63, 3.8) is 0 Å². The summed E-state index contributed by atoms with van der Waals surface area (Å²) >= 11 is 3.32. The predicted octanol–water partition coefficient (Wildman–Crippen LogP) is 1.77. The van der Waals surface area contributed by atoms with Gasteiger partial charge in [-0.05, 0) is 22.9 Å². The van der Waals surface area contributed by atoms with E-state index in [-0.39, 0.29) is 5.91 Å². The number of amides is 1. The van der Waals surface area contributed by atoms with Gasteiger partial charge in [0, 0.05) is 26.7 Å². The SMILES string of the molecule is CCn1ncc(Br)c1C(=O)Nc1cc(N(C)C)ncn1. The Labute approximate surface area is 125 Å². The zero-order valence-electron chi connectivity index (χ0n) is 11.5. The summed E-state index contributed by atoms with van der Waals surface area (Å²) in [5.74, 6) is 0.905. The Bertz CT molecular complexity index is 624. The zero-order valence-corrected chi connectivity index (χ0v) is 13.0. The quantitative estimate of drug-likeness (QED) is 0.919. The van der Waals surface area contributed by atoms with Crippen molar-refractivity contribution in [2.75, 3.05) is 24.3 Å². The summed E-state index contributed by atoms with van der Waals surface area (Å²) in [6, 6.07) is 1.71. The summed E-state index contributed by atoms with van der Waals surface area (Å²) < 4.78 is 2.27. The summed E-state index contributed by atoms with van der Waals surface area (Å²) in [6.07, 6.45) is 3.01. The van der Waals surface area contributed by atoms with Crippen LogP contribution in [0.25, 0.3) is 0 Å². The first kappa shape index (κ1) is 14.4. The zero-order chi connectivity index (χ0) is 14.7. The highest BCUT2D eigenvalue weighted by molar-refractivity contribution is 9.10. The van der Waals surface area contributed by atoms with Crippen molar-refractivity contribution in [1.29, 1.82) is 0 Å². The van der Waals surface area contributed by atoms with E-state index in [0.29, 0.717) is 22.5 Å². The van der Waals surface area contributed by atoms with E-state index < -0.39 is 0 Å². The van der Waals surface area contributed by atoms with Gasteiger partial charge in [0.1, 0.15) is 23.7 Å². The molecule has 0 saturated carbocycles. The molecule has 7 nitrogen and oxygen atoms in total. The van der Waals surface area contributed by atoms with E-state index in [2.05, 4.69) is 36.3 Å². The fourth-order valence-electron chi connectivity index (χ4n) is 1.66. The van der Waals surface area contributed by atoms with Crippen molar-refractivity contribution in [2.45, 2.75) is 13.5 Å². The van der Waals surface area contributed by atoms with Crippen LogP contribution in [0.5, 0.6) is 0 Å². The highest BCUT2D eigenvalue weighted by Crippen LogP contribution is 2.18. The van der Waals surface area contributed by atoms with Crippen LogP contribution in [0.15, 0.2) is 23.1 Å². The number of anilines is 2. The molecular weight excluding hydrogens is 324 g/mol. The summed E-state index contributed by atoms with van der Waals surface area (Å²) in [4.78, 5) is 22.3. The number of rotatable bonds is 4. The Balaban J connectivity index is 2.23. The second kappa shape index (κ2) is 6.00. The molecular formula is C12H15BrN6O. The Morgan fingerprint density at radius 2 is 2.20 bits per heavy atom. The van der Waals surface area contributed by atoms with E-state index in [1.807, 2.05) is 25.9 Å². The number of nitrogens with zero attached hydrogens (tertiary/aromatic N) is 5. The fourth-order valence-corrected chi connectivity index (χ4v) is 2.14. The lowest BCUT2D eigenvalue weighted by Gasteiger charge is -2.12. The number of aryl methyl sites for hydroxylation is 1. The molecule has 0 aromatic carbocycles. The molecule has 0 aliphatic rings. The molecule has 1 N–H and O–H groups in total. The fraction of sp³-hybridized carbons (Fsp3) is 0.333. The molecule has 0 bridgehead atoms. The minimum absolute atomic E-state index is 0.264. The van der Waals surface area contributed by atoms with E-state index >= 15 is 0 Å². The third kappa shape index (κ3) is 2.96. The number of nitrogens with one attached hydrogen (secondary N) is 1. The van der Waals surface area contributed by atoms with E-state index in [4.69, 9.17) is 0 Å². The van der Waals surface area contributed by atoms with Crippen molar-refractivity contribution in [3.8, 4) is 0 Å². The van der Waals surface area contributed by atoms with Crippen LogP contribution < -0.4 is 10.2 Å². The van der Waals surface area contributed by atoms with Crippen LogP contribution in [0.1, 0.15) is 17.4 Å². The van der Waals surface area contributed by atoms with Crippen LogP contribution in [-0.2, 0) is 6.54 Å². The number of aromatic nitrogens is 4. The standard InChI is InChI=1S/C12H15BrN6O/c1-4-19-11(8(13)6-16-19)12(20)17-9-5-10(18(2)3)15-7-14-9/h5-7H,4H2,1-3H3,(H,14,15,17,20). The maximum atomic E-state index is 12.3. The van der Waals surface area contributed by atoms with Gasteiger partial charge in [-0.2, -0.15) is 5.10 Å². The molecule has 2 heterocycles. The number of carbonyl (C=O) groups is 1. The number of halogens is 1. The number of hydrogen-bond donors (Lipinski definition) is 1. The minimum atomic E-state index is -0.264. The molecule has 0 atom stereocenters. The van der Waals surface area contributed by atoms with Crippen LogP contribution in [0.4, 0.5) is 11.6 Å². The normalized spacial score (nSPS) is 10.4. The van der Waals surface area contributed by atoms with Gasteiger partial charge in [-0.3, -0.25) is 9.48 Å². The van der Waals surface area contributed by atoms with Gasteiger partial charge < -0.3 is 10.2 Å². The lowest BCUT2D eigenvalue weighted by Crippen LogP contribution is -2.19. The highest BCUT2D eigenvalue weighted by atomic mass is 79.9. The Kier molecular flexibility index (Phi) is 4.33. The van der Waals surface area contributed by atoms with E-state index in [1.165, 1.54) is 6.33 Å². The van der Waals surface area contributed by atoms with Crippen molar-refractivity contribution in [1.82, 2.24) is 19.7 Å². The molecule has 8 heteroatoms. The molecule has 0 aliphatic heterocycles. The van der Waals surface area contributed by atoms with Crippen LogP contribution >= 0.6 is 15.9 Å². The average Bonchev–Trinajstić information content (AvgIpc) is 2.80. The highest BCUT2D eigenvalue weighted by Gasteiger charge is 2.17. The largest absolute Gasteiger partial charge is 0.363 e. The van der Waals surface area contributed by atoms with Crippen molar-refractivity contribution >= 4 is 33.5 Å². The van der Waals surface area contributed by atoms with Gasteiger partial charge in [0.15, 0.2) is 0 Å². The summed E-state index contributed by atoms with van der Waals surface area (Å²) in [5.41, 5.74) is 0.470.